The van der Waals surface area contributed by atoms with Gasteiger partial charge in [0.15, 0.2) is 0 Å². The predicted molar refractivity (Wildman–Crippen MR) is 103 cm³/mol. The van der Waals surface area contributed by atoms with Gasteiger partial charge in [-0.3, -0.25) is 9.48 Å². The number of nitrogens with one attached hydrogen (secondary N) is 1. The fraction of sp³-hybridized carbons (Fsp3) is 0.412. The van der Waals surface area contributed by atoms with Crippen molar-refractivity contribution in [2.24, 2.45) is 0 Å². The number of nitrogens with zero attached hydrogens (tertiary/aromatic N) is 3. The van der Waals surface area contributed by atoms with Crippen LogP contribution in [0.2, 0.25) is 0 Å². The van der Waals surface area contributed by atoms with Crippen LogP contribution in [0, 0.1) is 10.5 Å². The number of carbonyl (C=O) groups is 1. The normalized spacial score (nSPS) is 10.6. The van der Waals surface area contributed by atoms with Crippen molar-refractivity contribution in [3.05, 3.63) is 39.7 Å². The Morgan fingerprint density at radius 1 is 1.26 bits per heavy atom. The summed E-state index contributed by atoms with van der Waals surface area (Å²) < 4.78 is 2.99. The fourth-order valence-corrected chi connectivity index (χ4v) is 2.83. The van der Waals surface area contributed by atoms with Crippen LogP contribution in [0.1, 0.15) is 26.0 Å². The summed E-state index contributed by atoms with van der Waals surface area (Å²) in [7, 11) is 0. The van der Waals surface area contributed by atoms with Gasteiger partial charge in [-0.2, -0.15) is 5.10 Å². The number of benzene rings is 1. The minimum Gasteiger partial charge on any atom is -0.372 e. The zero-order chi connectivity index (χ0) is 16.8. The van der Waals surface area contributed by atoms with E-state index in [9.17, 15) is 4.79 Å². The lowest BCUT2D eigenvalue weighted by Gasteiger charge is -2.21. The van der Waals surface area contributed by atoms with Crippen LogP contribution in [0.3, 0.4) is 0 Å². The quantitative estimate of drug-likeness (QED) is 0.688. The molecule has 0 saturated heterocycles. The Morgan fingerprint density at radius 3 is 2.43 bits per heavy atom. The van der Waals surface area contributed by atoms with Crippen molar-refractivity contribution >= 4 is 39.9 Å². The van der Waals surface area contributed by atoms with Gasteiger partial charge in [-0.15, -0.1) is 0 Å². The lowest BCUT2D eigenvalue weighted by molar-refractivity contribution is -0.116. The maximum atomic E-state index is 12.1. The van der Waals surface area contributed by atoms with Gasteiger partial charge in [0, 0.05) is 36.6 Å². The van der Waals surface area contributed by atoms with Crippen molar-refractivity contribution in [3.63, 3.8) is 0 Å². The van der Waals surface area contributed by atoms with Crippen LogP contribution in [0.25, 0.3) is 0 Å². The van der Waals surface area contributed by atoms with Crippen LogP contribution < -0.4 is 10.2 Å². The largest absolute Gasteiger partial charge is 0.372 e. The van der Waals surface area contributed by atoms with Crippen molar-refractivity contribution in [1.29, 1.82) is 0 Å². The van der Waals surface area contributed by atoms with Gasteiger partial charge in [-0.25, -0.2) is 0 Å². The van der Waals surface area contributed by atoms with Crippen LogP contribution in [0.4, 0.5) is 11.4 Å². The van der Waals surface area contributed by atoms with E-state index in [0.29, 0.717) is 13.0 Å². The highest BCUT2D eigenvalue weighted by molar-refractivity contribution is 14.1. The molecule has 6 heteroatoms. The van der Waals surface area contributed by atoms with Gasteiger partial charge in [0.1, 0.15) is 0 Å². The zero-order valence-electron chi connectivity index (χ0n) is 13.8. The monoisotopic (exact) mass is 426 g/mol. The number of carbonyl (C=O) groups excluding carboxylic acids is 1. The summed E-state index contributed by atoms with van der Waals surface area (Å²) in [6.45, 7) is 8.83. The molecule has 0 atom stereocenters. The molecule has 1 aromatic heterocycles. The number of aromatic nitrogens is 2. The molecule has 0 aliphatic heterocycles. The lowest BCUT2D eigenvalue weighted by Crippen LogP contribution is -2.21. The van der Waals surface area contributed by atoms with Gasteiger partial charge >= 0.3 is 0 Å². The number of hydrogen-bond donors (Lipinski definition) is 1. The Labute approximate surface area is 151 Å². The maximum Gasteiger partial charge on any atom is 0.226 e. The summed E-state index contributed by atoms with van der Waals surface area (Å²) in [5.41, 5.74) is 3.11. The highest BCUT2D eigenvalue weighted by Gasteiger charge is 2.08. The number of hydrogen-bond acceptors (Lipinski definition) is 3. The third-order valence-electron chi connectivity index (χ3n) is 3.87. The first-order valence-corrected chi connectivity index (χ1v) is 8.95. The van der Waals surface area contributed by atoms with Gasteiger partial charge in [0.25, 0.3) is 0 Å². The molecule has 1 amide bonds. The maximum absolute atomic E-state index is 12.1. The number of aryl methyl sites for hydroxylation is 1. The molecule has 23 heavy (non-hydrogen) atoms. The predicted octanol–water partition coefficient (Wildman–Crippen LogP) is 3.67. The molecule has 1 N–H and O–H groups in total. The first-order chi connectivity index (χ1) is 11.0. The molecule has 124 valence electrons. The van der Waals surface area contributed by atoms with Crippen molar-refractivity contribution in [1.82, 2.24) is 9.78 Å². The van der Waals surface area contributed by atoms with Crippen LogP contribution in [0.5, 0.6) is 0 Å². The Bertz CT molecular complexity index is 647. The van der Waals surface area contributed by atoms with E-state index in [1.165, 1.54) is 5.69 Å². The number of rotatable bonds is 7. The summed E-state index contributed by atoms with van der Waals surface area (Å²) in [6.07, 6.45) is 2.23. The van der Waals surface area contributed by atoms with Crippen LogP contribution in [-0.2, 0) is 11.3 Å². The van der Waals surface area contributed by atoms with Gasteiger partial charge in [0.2, 0.25) is 5.91 Å². The molecule has 1 aromatic carbocycles. The van der Waals surface area contributed by atoms with Gasteiger partial charge < -0.3 is 10.2 Å². The molecule has 0 unspecified atom stereocenters. The van der Waals surface area contributed by atoms with Crippen LogP contribution >= 0.6 is 22.6 Å². The topological polar surface area (TPSA) is 50.2 Å². The third-order valence-corrected chi connectivity index (χ3v) is 4.93. The first kappa shape index (κ1) is 17.8. The lowest BCUT2D eigenvalue weighted by atomic mass is 10.2. The van der Waals surface area contributed by atoms with E-state index in [4.69, 9.17) is 0 Å². The highest BCUT2D eigenvalue weighted by Crippen LogP contribution is 2.18. The summed E-state index contributed by atoms with van der Waals surface area (Å²) in [5.74, 6) is 0.00509. The van der Waals surface area contributed by atoms with E-state index < -0.39 is 0 Å². The van der Waals surface area contributed by atoms with E-state index >= 15 is 0 Å². The summed E-state index contributed by atoms with van der Waals surface area (Å²) in [6, 6.07) is 7.99. The minimum absolute atomic E-state index is 0.00509. The average Bonchev–Trinajstić information content (AvgIpc) is 2.87. The highest BCUT2D eigenvalue weighted by atomic mass is 127. The number of halogens is 1. The van der Waals surface area contributed by atoms with E-state index in [0.717, 1.165) is 28.0 Å². The minimum atomic E-state index is 0.00509. The molecule has 1 heterocycles. The Morgan fingerprint density at radius 2 is 1.91 bits per heavy atom. The zero-order valence-corrected chi connectivity index (χ0v) is 16.0. The summed E-state index contributed by atoms with van der Waals surface area (Å²) >= 11 is 2.25. The summed E-state index contributed by atoms with van der Waals surface area (Å²) in [4.78, 5) is 14.3. The second-order valence-corrected chi connectivity index (χ2v) is 6.48. The Balaban J connectivity index is 1.89. The number of anilines is 2. The SMILES string of the molecule is CCN(CC)c1ccc(NC(=O)CCn2ncc(I)c2C)cc1. The molecule has 0 aliphatic carbocycles. The number of amides is 1. The molecule has 2 rings (SSSR count). The summed E-state index contributed by atoms with van der Waals surface area (Å²) in [5, 5.41) is 7.21. The van der Waals surface area contributed by atoms with Crippen LogP contribution in [0.15, 0.2) is 30.5 Å². The second-order valence-electron chi connectivity index (χ2n) is 5.32. The second kappa shape index (κ2) is 8.33. The molecule has 0 aliphatic rings. The van der Waals surface area contributed by atoms with E-state index in [2.05, 4.69) is 51.8 Å². The van der Waals surface area contributed by atoms with Crippen molar-refractivity contribution in [2.45, 2.75) is 33.7 Å². The smallest absolute Gasteiger partial charge is 0.226 e. The van der Waals surface area contributed by atoms with Crippen molar-refractivity contribution in [2.75, 3.05) is 23.3 Å². The van der Waals surface area contributed by atoms with Crippen LogP contribution in [-0.4, -0.2) is 28.8 Å². The van der Waals surface area contributed by atoms with Gasteiger partial charge in [-0.1, -0.05) is 0 Å². The third kappa shape index (κ3) is 4.70. The van der Waals surface area contributed by atoms with Gasteiger partial charge in [-0.05, 0) is 67.6 Å². The first-order valence-electron chi connectivity index (χ1n) is 7.88. The van der Waals surface area contributed by atoms with E-state index in [-0.39, 0.29) is 5.91 Å². The molecule has 0 spiro atoms. The van der Waals surface area contributed by atoms with E-state index in [1.54, 1.807) is 0 Å². The fourth-order valence-electron chi connectivity index (χ4n) is 2.42. The average molecular weight is 426 g/mol. The molecule has 0 bridgehead atoms. The van der Waals surface area contributed by atoms with Crippen molar-refractivity contribution < 1.29 is 4.79 Å². The molecule has 0 fully saturated rings. The van der Waals surface area contributed by atoms with Gasteiger partial charge in [0.05, 0.1) is 16.3 Å². The molecule has 0 radical (unpaired) electrons. The molecule has 5 nitrogen and oxygen atoms in total. The molecular formula is C17H23IN4O. The van der Waals surface area contributed by atoms with E-state index in [1.807, 2.05) is 42.1 Å². The molecule has 2 aromatic rings. The van der Waals surface area contributed by atoms with Crippen molar-refractivity contribution in [3.8, 4) is 0 Å². The molecule has 0 saturated carbocycles. The molecular weight excluding hydrogens is 403 g/mol. The Kier molecular flexibility index (Phi) is 6.44. The standard InChI is InChI=1S/C17H23IN4O/c1-4-21(5-2)15-8-6-14(7-9-15)20-17(23)10-11-22-13(3)16(18)12-19-22/h6-9,12H,4-5,10-11H2,1-3H3,(H,20,23). The Hall–Kier alpha value is -1.57.